The van der Waals surface area contributed by atoms with E-state index in [1.165, 1.54) is 33.4 Å². The Labute approximate surface area is 336 Å². The van der Waals surface area contributed by atoms with E-state index in [0.717, 1.165) is 51.7 Å². The molecule has 280 valence electrons. The Morgan fingerprint density at radius 2 is 1.41 bits per heavy atom. The Bertz CT molecular complexity index is 2430. The van der Waals surface area contributed by atoms with E-state index in [4.69, 9.17) is 14.8 Å². The molecule has 0 bridgehead atoms. The average molecular weight is 896 g/mol. The van der Waals surface area contributed by atoms with Crippen molar-refractivity contribution in [3.05, 3.63) is 131 Å². The van der Waals surface area contributed by atoms with Gasteiger partial charge in [-0.1, -0.05) is 92.1 Å². The largest absolute Gasteiger partial charge is 2.00 e. The van der Waals surface area contributed by atoms with E-state index in [-0.39, 0.29) is 37.3 Å². The molecular weight excluding hydrogens is 844 g/mol. The molecule has 0 N–H and O–H groups in total. The molecule has 0 aliphatic rings. The molecule has 4 aromatic carbocycles. The molecule has 6 heteroatoms. The Hall–Kier alpha value is -4.47. The van der Waals surface area contributed by atoms with Gasteiger partial charge in [0.25, 0.3) is 0 Å². The standard InChI is InChI=1S/C48H52N4O.Pt/c1-31-25-32(2)45(48(9,10)11)43(44(31)47(6,7)8)34-29-50-51(30-34)35-15-14-16-36(27-35)53-37-19-20-39-38-17-12-13-18-40(38)52(41(39)28-37)42-26-33(22-24-49-42)21-23-46(3,4)5;/h12-20,22,24-26,29-30H,21,23H2,1-11H3;/q-2;+2. The maximum atomic E-state index is 6.50. The number of rotatable bonds is 7. The van der Waals surface area contributed by atoms with Gasteiger partial charge < -0.3 is 9.30 Å². The fraction of sp³-hybridized carbons (Fsp3) is 0.333. The van der Waals surface area contributed by atoms with Gasteiger partial charge in [-0.2, -0.15) is 17.2 Å². The van der Waals surface area contributed by atoms with Gasteiger partial charge in [0.1, 0.15) is 5.82 Å². The van der Waals surface area contributed by atoms with Gasteiger partial charge in [-0.05, 0) is 106 Å². The first kappa shape index (κ1) is 39.2. The van der Waals surface area contributed by atoms with Crippen molar-refractivity contribution in [1.29, 1.82) is 0 Å². The second-order valence-corrected chi connectivity index (χ2v) is 17.8. The summed E-state index contributed by atoms with van der Waals surface area (Å²) in [6.45, 7) is 25.1. The smallest absolute Gasteiger partial charge is 0.509 e. The van der Waals surface area contributed by atoms with Crippen LogP contribution in [0.5, 0.6) is 11.5 Å². The molecule has 0 amide bonds. The molecule has 0 saturated heterocycles. The van der Waals surface area contributed by atoms with Gasteiger partial charge in [0.05, 0.1) is 6.20 Å². The molecule has 0 atom stereocenters. The summed E-state index contributed by atoms with van der Waals surface area (Å²) in [5.41, 5.74) is 12.0. The Balaban J connectivity index is 0.00000497. The van der Waals surface area contributed by atoms with Crippen LogP contribution < -0.4 is 4.74 Å². The summed E-state index contributed by atoms with van der Waals surface area (Å²) in [6, 6.07) is 32.3. The molecule has 54 heavy (non-hydrogen) atoms. The van der Waals surface area contributed by atoms with E-state index in [1.807, 2.05) is 41.3 Å². The van der Waals surface area contributed by atoms with Crippen LogP contribution in [0.4, 0.5) is 0 Å². The van der Waals surface area contributed by atoms with Crippen molar-refractivity contribution in [2.45, 2.75) is 99.8 Å². The monoisotopic (exact) mass is 895 g/mol. The Kier molecular flexibility index (Phi) is 10.6. The minimum atomic E-state index is -0.0382. The summed E-state index contributed by atoms with van der Waals surface area (Å²) in [5, 5.41) is 7.13. The summed E-state index contributed by atoms with van der Waals surface area (Å²) >= 11 is 0. The molecule has 3 aromatic heterocycles. The van der Waals surface area contributed by atoms with Gasteiger partial charge in [-0.25, -0.2) is 4.98 Å². The average Bonchev–Trinajstić information content (AvgIpc) is 3.69. The SMILES string of the molecule is Cc1cc(C)c(C(C)(C)C)c(-c2cnn(-c3[c-]c(Oc4[c-]c5c(cc4)c4ccccc4n5-c4cc(CCC(C)(C)C)ccn4)ccc3)c2)c1C(C)(C)C.[Pt+2]. The van der Waals surface area contributed by atoms with E-state index in [0.29, 0.717) is 11.5 Å². The maximum Gasteiger partial charge on any atom is 2.00 e. The first-order valence-electron chi connectivity index (χ1n) is 18.8. The van der Waals surface area contributed by atoms with Crippen molar-refractivity contribution < 1.29 is 25.8 Å². The normalized spacial score (nSPS) is 12.4. The number of hydrogen-bond acceptors (Lipinski definition) is 3. The summed E-state index contributed by atoms with van der Waals surface area (Å²) in [7, 11) is 0. The minimum Gasteiger partial charge on any atom is -0.509 e. The van der Waals surface area contributed by atoms with Crippen molar-refractivity contribution in [1.82, 2.24) is 19.3 Å². The number of aromatic nitrogens is 4. The van der Waals surface area contributed by atoms with Crippen LogP contribution >= 0.6 is 0 Å². The summed E-state index contributed by atoms with van der Waals surface area (Å²) in [4.78, 5) is 4.84. The predicted octanol–water partition coefficient (Wildman–Crippen LogP) is 12.6. The summed E-state index contributed by atoms with van der Waals surface area (Å²) in [6.07, 6.45) is 8.15. The van der Waals surface area contributed by atoms with Gasteiger partial charge in [0, 0.05) is 35.0 Å². The third-order valence-electron chi connectivity index (χ3n) is 10.1. The molecule has 5 nitrogen and oxygen atoms in total. The molecule has 0 fully saturated rings. The van der Waals surface area contributed by atoms with Crippen molar-refractivity contribution >= 4 is 21.8 Å². The number of pyridine rings is 1. The van der Waals surface area contributed by atoms with Gasteiger partial charge in [0.2, 0.25) is 0 Å². The van der Waals surface area contributed by atoms with Crippen molar-refractivity contribution in [2.75, 3.05) is 0 Å². The van der Waals surface area contributed by atoms with Crippen molar-refractivity contribution in [3.8, 4) is 34.1 Å². The van der Waals surface area contributed by atoms with Crippen LogP contribution in [0.15, 0.2) is 91.4 Å². The molecule has 7 aromatic rings. The fourth-order valence-corrected chi connectivity index (χ4v) is 7.97. The number of benzene rings is 4. The zero-order valence-electron chi connectivity index (χ0n) is 33.6. The molecule has 0 saturated carbocycles. The fourth-order valence-electron chi connectivity index (χ4n) is 7.97. The number of fused-ring (bicyclic) bond motifs is 3. The van der Waals surface area contributed by atoms with Crippen LogP contribution in [0.3, 0.4) is 0 Å². The zero-order chi connectivity index (χ0) is 37.9. The minimum absolute atomic E-state index is 0. The van der Waals surface area contributed by atoms with Crippen LogP contribution in [-0.4, -0.2) is 19.3 Å². The number of ether oxygens (including phenoxy) is 1. The number of nitrogens with zero attached hydrogens (tertiary/aromatic N) is 4. The first-order valence-corrected chi connectivity index (χ1v) is 18.8. The van der Waals surface area contributed by atoms with Crippen molar-refractivity contribution in [3.63, 3.8) is 0 Å². The van der Waals surface area contributed by atoms with E-state index < -0.39 is 0 Å². The molecule has 0 spiro atoms. The van der Waals surface area contributed by atoms with Gasteiger partial charge in [-0.3, -0.25) is 4.68 Å². The van der Waals surface area contributed by atoms with Crippen LogP contribution in [0.1, 0.15) is 96.6 Å². The molecule has 7 rings (SSSR count). The third-order valence-corrected chi connectivity index (χ3v) is 10.1. The third kappa shape index (κ3) is 7.84. The Morgan fingerprint density at radius 3 is 2.09 bits per heavy atom. The Morgan fingerprint density at radius 1 is 0.722 bits per heavy atom. The van der Waals surface area contributed by atoms with Crippen LogP contribution in [0.2, 0.25) is 0 Å². The van der Waals surface area contributed by atoms with Gasteiger partial charge >= 0.3 is 21.1 Å². The predicted molar refractivity (Wildman–Crippen MR) is 220 cm³/mol. The number of para-hydroxylation sites is 1. The first-order chi connectivity index (χ1) is 25.0. The molecule has 0 aliphatic heterocycles. The topological polar surface area (TPSA) is 44.9 Å². The molecule has 3 heterocycles. The van der Waals surface area contributed by atoms with Gasteiger partial charge in [0.15, 0.2) is 0 Å². The van der Waals surface area contributed by atoms with Crippen LogP contribution in [-0.2, 0) is 38.3 Å². The van der Waals surface area contributed by atoms with Crippen molar-refractivity contribution in [2.24, 2.45) is 5.41 Å². The molecule has 0 aliphatic carbocycles. The van der Waals surface area contributed by atoms with E-state index in [2.05, 4.69) is 148 Å². The number of hydrogen-bond donors (Lipinski definition) is 0. The van der Waals surface area contributed by atoms with E-state index in [1.54, 1.807) is 0 Å². The van der Waals surface area contributed by atoms with Crippen LogP contribution in [0.25, 0.3) is 44.4 Å². The van der Waals surface area contributed by atoms with E-state index >= 15 is 0 Å². The summed E-state index contributed by atoms with van der Waals surface area (Å²) in [5.74, 6) is 2.09. The molecule has 0 radical (unpaired) electrons. The van der Waals surface area contributed by atoms with E-state index in [9.17, 15) is 0 Å². The number of aryl methyl sites for hydroxylation is 3. The zero-order valence-corrected chi connectivity index (χ0v) is 35.9. The quantitative estimate of drug-likeness (QED) is 0.150. The molecular formula is C48H52N4OPt. The second-order valence-electron chi connectivity index (χ2n) is 17.8. The van der Waals surface area contributed by atoms with Gasteiger partial charge in [-0.15, -0.1) is 35.7 Å². The maximum absolute atomic E-state index is 6.50. The van der Waals surface area contributed by atoms with Crippen LogP contribution in [0, 0.1) is 31.4 Å². The molecule has 0 unspecified atom stereocenters. The summed E-state index contributed by atoms with van der Waals surface area (Å²) < 4.78 is 10.6. The second kappa shape index (κ2) is 14.6.